The van der Waals surface area contributed by atoms with Gasteiger partial charge in [0, 0.05) is 49.5 Å². The first-order valence-electron chi connectivity index (χ1n) is 9.03. The van der Waals surface area contributed by atoms with Crippen LogP contribution in [0.4, 0.5) is 11.8 Å². The number of aromatic nitrogens is 5. The first-order valence-corrected chi connectivity index (χ1v) is 9.97. The Bertz CT molecular complexity index is 830. The maximum absolute atomic E-state index is 4.65. The molecular formula is C18H23N7S. The number of hydrogen-bond donors (Lipinski definition) is 1. The van der Waals surface area contributed by atoms with E-state index in [1.807, 2.05) is 24.0 Å². The number of thiazole rings is 1. The van der Waals surface area contributed by atoms with Crippen LogP contribution in [0.25, 0.3) is 0 Å². The molecule has 136 valence electrons. The highest BCUT2D eigenvalue weighted by molar-refractivity contribution is 7.07. The van der Waals surface area contributed by atoms with Crippen LogP contribution >= 0.6 is 11.3 Å². The molecular weight excluding hydrogens is 346 g/mol. The number of nitrogens with zero attached hydrogens (tertiary/aromatic N) is 6. The van der Waals surface area contributed by atoms with E-state index in [9.17, 15) is 0 Å². The minimum atomic E-state index is 0.378. The highest BCUT2D eigenvalue weighted by Crippen LogP contribution is 2.28. The average molecular weight is 369 g/mol. The van der Waals surface area contributed by atoms with Crippen LogP contribution in [0.5, 0.6) is 0 Å². The Kier molecular flexibility index (Phi) is 5.10. The second-order valence-corrected chi connectivity index (χ2v) is 7.17. The van der Waals surface area contributed by atoms with Crippen molar-refractivity contribution in [2.75, 3.05) is 29.9 Å². The van der Waals surface area contributed by atoms with E-state index in [1.165, 1.54) is 0 Å². The molecule has 0 amide bonds. The quantitative estimate of drug-likeness (QED) is 0.720. The molecule has 3 aromatic rings. The maximum Gasteiger partial charge on any atom is 0.227 e. The highest BCUT2D eigenvalue weighted by atomic mass is 32.1. The molecule has 0 radical (unpaired) electrons. The van der Waals surface area contributed by atoms with E-state index in [-0.39, 0.29) is 0 Å². The lowest BCUT2D eigenvalue weighted by Crippen LogP contribution is -2.36. The van der Waals surface area contributed by atoms with Gasteiger partial charge in [0.05, 0.1) is 17.7 Å². The zero-order valence-electron chi connectivity index (χ0n) is 14.9. The van der Waals surface area contributed by atoms with Crippen LogP contribution in [0.15, 0.2) is 35.5 Å². The normalized spacial score (nSPS) is 17.4. The van der Waals surface area contributed by atoms with E-state index in [0.29, 0.717) is 5.92 Å². The summed E-state index contributed by atoms with van der Waals surface area (Å²) in [6.45, 7) is 5.58. The molecule has 7 nitrogen and oxygen atoms in total. The molecule has 0 saturated carbocycles. The first kappa shape index (κ1) is 17.0. The van der Waals surface area contributed by atoms with E-state index >= 15 is 0 Å². The molecule has 3 aromatic heterocycles. The highest BCUT2D eigenvalue weighted by Gasteiger charge is 2.26. The fourth-order valence-corrected chi connectivity index (χ4v) is 4.00. The third-order valence-electron chi connectivity index (χ3n) is 4.63. The second kappa shape index (κ2) is 7.82. The lowest BCUT2D eigenvalue weighted by molar-refractivity contribution is 0.471. The topological polar surface area (TPSA) is 71.8 Å². The van der Waals surface area contributed by atoms with E-state index < -0.39 is 0 Å². The lowest BCUT2D eigenvalue weighted by Gasteiger charge is -2.32. The summed E-state index contributed by atoms with van der Waals surface area (Å²) in [6, 6.07) is 1.91. The first-order chi connectivity index (χ1) is 12.8. The third-order valence-corrected chi connectivity index (χ3v) is 5.27. The van der Waals surface area contributed by atoms with Crippen LogP contribution in [0.2, 0.25) is 0 Å². The van der Waals surface area contributed by atoms with Crippen LogP contribution < -0.4 is 10.2 Å². The molecule has 0 bridgehead atoms. The fourth-order valence-electron chi connectivity index (χ4n) is 3.45. The zero-order chi connectivity index (χ0) is 17.8. The molecule has 1 aliphatic rings. The second-order valence-electron chi connectivity index (χ2n) is 6.45. The molecule has 0 aromatic carbocycles. The van der Waals surface area contributed by atoms with Crippen LogP contribution in [-0.4, -0.2) is 44.1 Å². The molecule has 1 saturated heterocycles. The van der Waals surface area contributed by atoms with Gasteiger partial charge in [0.25, 0.3) is 0 Å². The minimum Gasteiger partial charge on any atom is -0.370 e. The van der Waals surface area contributed by atoms with Crippen molar-refractivity contribution >= 4 is 23.1 Å². The van der Waals surface area contributed by atoms with Crippen molar-refractivity contribution in [3.8, 4) is 0 Å². The van der Waals surface area contributed by atoms with E-state index in [0.717, 1.165) is 62.3 Å². The number of piperidine rings is 1. The van der Waals surface area contributed by atoms with E-state index in [4.69, 9.17) is 0 Å². The standard InChI is InChI=1S/C18H23N7S/c1-2-19-16-5-6-21-18(23-16)25-8-3-4-14(10-25)17-20-7-9-24(17)11-15-12-26-13-22-15/h5-7,9,12-14H,2-4,8,10-11H2,1H3,(H,19,21,23)/t14-/m1/s1. The van der Waals surface area contributed by atoms with Gasteiger partial charge in [0.15, 0.2) is 0 Å². The molecule has 0 unspecified atom stereocenters. The van der Waals surface area contributed by atoms with Gasteiger partial charge in [0.2, 0.25) is 5.95 Å². The summed E-state index contributed by atoms with van der Waals surface area (Å²) in [7, 11) is 0. The summed E-state index contributed by atoms with van der Waals surface area (Å²) in [5.41, 5.74) is 2.96. The van der Waals surface area contributed by atoms with Gasteiger partial charge in [-0.3, -0.25) is 0 Å². The molecule has 1 fully saturated rings. The van der Waals surface area contributed by atoms with Crippen molar-refractivity contribution < 1.29 is 0 Å². The van der Waals surface area contributed by atoms with Crippen LogP contribution in [0.1, 0.15) is 37.2 Å². The van der Waals surface area contributed by atoms with Crippen molar-refractivity contribution in [3.05, 3.63) is 47.1 Å². The molecule has 1 atom stereocenters. The summed E-state index contributed by atoms with van der Waals surface area (Å²) in [5.74, 6) is 3.18. The summed E-state index contributed by atoms with van der Waals surface area (Å²) in [4.78, 5) is 20.5. The molecule has 0 aliphatic carbocycles. The largest absolute Gasteiger partial charge is 0.370 e. The number of nitrogens with one attached hydrogen (secondary N) is 1. The van der Waals surface area contributed by atoms with Crippen LogP contribution in [0.3, 0.4) is 0 Å². The zero-order valence-corrected chi connectivity index (χ0v) is 15.7. The van der Waals surface area contributed by atoms with Gasteiger partial charge in [-0.25, -0.2) is 15.0 Å². The molecule has 26 heavy (non-hydrogen) atoms. The monoisotopic (exact) mass is 369 g/mol. The van der Waals surface area contributed by atoms with Gasteiger partial charge in [-0.2, -0.15) is 4.98 Å². The number of imidazole rings is 1. The maximum atomic E-state index is 4.65. The summed E-state index contributed by atoms with van der Waals surface area (Å²) >= 11 is 1.63. The average Bonchev–Trinajstić information content (AvgIpc) is 3.35. The third kappa shape index (κ3) is 3.70. The van der Waals surface area contributed by atoms with E-state index in [1.54, 1.807) is 11.3 Å². The van der Waals surface area contributed by atoms with Gasteiger partial charge in [-0.05, 0) is 25.8 Å². The summed E-state index contributed by atoms with van der Waals surface area (Å²) in [5, 5.41) is 5.35. The fraction of sp³-hybridized carbons (Fsp3) is 0.444. The van der Waals surface area contributed by atoms with Crippen molar-refractivity contribution in [3.63, 3.8) is 0 Å². The predicted octanol–water partition coefficient (Wildman–Crippen LogP) is 2.99. The van der Waals surface area contributed by atoms with Gasteiger partial charge in [-0.1, -0.05) is 0 Å². The Hall–Kier alpha value is -2.48. The smallest absolute Gasteiger partial charge is 0.227 e. The van der Waals surface area contributed by atoms with Crippen LogP contribution in [-0.2, 0) is 6.54 Å². The molecule has 1 N–H and O–H groups in total. The Labute approximate surface area is 157 Å². The van der Waals surface area contributed by atoms with Gasteiger partial charge >= 0.3 is 0 Å². The number of anilines is 2. The van der Waals surface area contributed by atoms with Crippen molar-refractivity contribution in [2.24, 2.45) is 0 Å². The number of rotatable bonds is 6. The van der Waals surface area contributed by atoms with Gasteiger partial charge in [-0.15, -0.1) is 11.3 Å². The van der Waals surface area contributed by atoms with Crippen LogP contribution in [0, 0.1) is 0 Å². The molecule has 8 heteroatoms. The van der Waals surface area contributed by atoms with Gasteiger partial charge < -0.3 is 14.8 Å². The van der Waals surface area contributed by atoms with Gasteiger partial charge in [0.1, 0.15) is 11.6 Å². The number of hydrogen-bond acceptors (Lipinski definition) is 7. The predicted molar refractivity (Wildman–Crippen MR) is 104 cm³/mol. The van der Waals surface area contributed by atoms with Crippen molar-refractivity contribution in [2.45, 2.75) is 32.2 Å². The molecule has 0 spiro atoms. The Morgan fingerprint density at radius 2 is 2.23 bits per heavy atom. The molecule has 1 aliphatic heterocycles. The summed E-state index contributed by atoms with van der Waals surface area (Å²) in [6.07, 6.45) is 8.02. The Morgan fingerprint density at radius 1 is 1.27 bits per heavy atom. The van der Waals surface area contributed by atoms with Crippen molar-refractivity contribution in [1.29, 1.82) is 0 Å². The summed E-state index contributed by atoms with van der Waals surface area (Å²) < 4.78 is 2.22. The SMILES string of the molecule is CCNc1ccnc(N2CCC[C@@H](c3nccn3Cc3cscn3)C2)n1. The van der Waals surface area contributed by atoms with E-state index in [2.05, 4.69) is 53.2 Å². The molecule has 4 rings (SSSR count). The van der Waals surface area contributed by atoms with Crippen molar-refractivity contribution in [1.82, 2.24) is 24.5 Å². The Morgan fingerprint density at radius 3 is 3.08 bits per heavy atom. The lowest BCUT2D eigenvalue weighted by atomic mass is 9.97. The molecule has 4 heterocycles. The Balaban J connectivity index is 1.51. The minimum absolute atomic E-state index is 0.378.